The Morgan fingerprint density at radius 1 is 1.21 bits per heavy atom. The van der Waals surface area contributed by atoms with E-state index in [0.29, 0.717) is 32.6 Å². The molecule has 1 aliphatic carbocycles. The molecule has 1 saturated heterocycles. The molecule has 5 rings (SSSR count). The lowest BCUT2D eigenvalue weighted by molar-refractivity contribution is -0.193. The first kappa shape index (κ1) is 24.1. The Morgan fingerprint density at radius 3 is 2.47 bits per heavy atom. The molecule has 4 heterocycles. The molecular weight excluding hydrogens is 467 g/mol. The van der Waals surface area contributed by atoms with E-state index in [9.17, 15) is 21.6 Å². The van der Waals surface area contributed by atoms with Crippen LogP contribution in [0.25, 0.3) is 5.57 Å². The lowest BCUT2D eigenvalue weighted by atomic mass is 9.79. The molecule has 0 spiro atoms. The van der Waals surface area contributed by atoms with Crippen molar-refractivity contribution < 1.29 is 26.3 Å². The number of hydrogen-bond acceptors (Lipinski definition) is 5. The van der Waals surface area contributed by atoms with Crippen molar-refractivity contribution >= 4 is 15.6 Å². The van der Waals surface area contributed by atoms with Gasteiger partial charge < -0.3 is 9.64 Å². The molecule has 0 amide bonds. The van der Waals surface area contributed by atoms with Gasteiger partial charge in [0.2, 0.25) is 10.0 Å². The largest absolute Gasteiger partial charge is 0.485 e. The number of hydrogen-bond donors (Lipinski definition) is 0. The third-order valence-electron chi connectivity index (χ3n) is 8.24. The maximum absolute atomic E-state index is 13.3. The Labute approximate surface area is 199 Å². The molecule has 0 aromatic carbocycles. The Bertz CT molecular complexity index is 1090. The quantitative estimate of drug-likeness (QED) is 0.616. The minimum atomic E-state index is -4.10. The van der Waals surface area contributed by atoms with Gasteiger partial charge in [0.1, 0.15) is 11.4 Å². The number of halogens is 3. The number of piperidine rings is 1. The van der Waals surface area contributed by atoms with Gasteiger partial charge in [-0.1, -0.05) is 6.08 Å². The number of likely N-dealkylation sites (tertiary alicyclic amines) is 1. The molecule has 1 aromatic heterocycles. The number of alkyl halides is 3. The van der Waals surface area contributed by atoms with Crippen LogP contribution in [0, 0.1) is 11.3 Å². The van der Waals surface area contributed by atoms with Crippen LogP contribution >= 0.6 is 0 Å². The molecule has 1 aromatic rings. The zero-order valence-corrected chi connectivity index (χ0v) is 20.5. The molecule has 3 aliphatic heterocycles. The maximum Gasteiger partial charge on any atom is 0.395 e. The minimum absolute atomic E-state index is 0.125. The first-order chi connectivity index (χ1) is 15.9. The fourth-order valence-corrected chi connectivity index (χ4v) is 6.55. The highest BCUT2D eigenvalue weighted by molar-refractivity contribution is 7.88. The van der Waals surface area contributed by atoms with Crippen molar-refractivity contribution in [2.45, 2.75) is 57.2 Å². The first-order valence-electron chi connectivity index (χ1n) is 12.0. The summed E-state index contributed by atoms with van der Waals surface area (Å²) in [5.41, 5.74) is 1.14. The normalized spacial score (nSPS) is 28.3. The molecule has 0 radical (unpaired) electrons. The SMILES string of the molecule is C[C@]1(C2CCN(CC3(C(F)(F)F)CC3)CC2)Cc2cc(C3=CCN(S(C)(=O)=O)CC3)ncc2O1. The van der Waals surface area contributed by atoms with Crippen LogP contribution in [-0.2, 0) is 16.4 Å². The van der Waals surface area contributed by atoms with Gasteiger partial charge in [-0.3, -0.25) is 4.98 Å². The fraction of sp³-hybridized carbons (Fsp3) is 0.708. The molecule has 10 heteroatoms. The summed E-state index contributed by atoms with van der Waals surface area (Å²) in [6, 6.07) is 2.05. The predicted molar refractivity (Wildman–Crippen MR) is 123 cm³/mol. The molecule has 4 aliphatic rings. The third kappa shape index (κ3) is 4.48. The Kier molecular flexibility index (Phi) is 5.80. The summed E-state index contributed by atoms with van der Waals surface area (Å²) in [7, 11) is -3.20. The summed E-state index contributed by atoms with van der Waals surface area (Å²) in [6.07, 6.45) is 4.33. The molecule has 1 atom stereocenters. The molecule has 0 unspecified atom stereocenters. The first-order valence-corrected chi connectivity index (χ1v) is 13.9. The molecule has 1 saturated carbocycles. The van der Waals surface area contributed by atoms with Crippen molar-refractivity contribution in [1.29, 1.82) is 0 Å². The van der Waals surface area contributed by atoms with Gasteiger partial charge in [-0.2, -0.15) is 17.5 Å². The second-order valence-corrected chi connectivity index (χ2v) is 12.7. The van der Waals surface area contributed by atoms with Crippen molar-refractivity contribution in [2.75, 3.05) is 39.0 Å². The van der Waals surface area contributed by atoms with Gasteiger partial charge >= 0.3 is 6.18 Å². The van der Waals surface area contributed by atoms with E-state index < -0.39 is 21.6 Å². The summed E-state index contributed by atoms with van der Waals surface area (Å²) in [5, 5.41) is 0. The third-order valence-corrected chi connectivity index (χ3v) is 9.50. The van der Waals surface area contributed by atoms with Gasteiger partial charge in [-0.15, -0.1) is 0 Å². The highest BCUT2D eigenvalue weighted by atomic mass is 32.2. The Balaban J connectivity index is 1.21. The Morgan fingerprint density at radius 2 is 1.91 bits per heavy atom. The molecule has 34 heavy (non-hydrogen) atoms. The predicted octanol–water partition coefficient (Wildman–Crippen LogP) is 3.88. The van der Waals surface area contributed by atoms with Gasteiger partial charge in [0.25, 0.3) is 0 Å². The molecule has 2 fully saturated rings. The van der Waals surface area contributed by atoms with Crippen molar-refractivity contribution in [3.05, 3.63) is 29.6 Å². The van der Waals surface area contributed by atoms with Gasteiger partial charge in [0.15, 0.2) is 0 Å². The van der Waals surface area contributed by atoms with Crippen molar-refractivity contribution in [3.63, 3.8) is 0 Å². The summed E-state index contributed by atoms with van der Waals surface area (Å²) in [6.45, 7) is 4.38. The number of aromatic nitrogens is 1. The average Bonchev–Trinajstić information content (AvgIpc) is 3.48. The standard InChI is InChI=1S/C24H32F3N3O3S/c1-22(19-5-9-29(10-6-19)16-23(7-8-23)24(25,26)27)14-18-13-20(28-15-21(18)33-22)17-3-11-30(12-4-17)34(2,31)32/h3,13,15,19H,4-12,14,16H2,1-2H3/t22-/m1/s1. The van der Waals surface area contributed by atoms with Crippen molar-refractivity contribution in [3.8, 4) is 5.75 Å². The number of ether oxygens (including phenoxy) is 1. The average molecular weight is 500 g/mol. The highest BCUT2D eigenvalue weighted by Crippen LogP contribution is 2.58. The lowest BCUT2D eigenvalue weighted by Crippen LogP contribution is -2.48. The van der Waals surface area contributed by atoms with E-state index >= 15 is 0 Å². The molecule has 0 bridgehead atoms. The van der Waals surface area contributed by atoms with E-state index in [-0.39, 0.29) is 30.9 Å². The van der Waals surface area contributed by atoms with Crippen molar-refractivity contribution in [1.82, 2.24) is 14.2 Å². The van der Waals surface area contributed by atoms with E-state index in [2.05, 4.69) is 18.0 Å². The second-order valence-electron chi connectivity index (χ2n) is 10.7. The zero-order valence-electron chi connectivity index (χ0n) is 19.7. The van der Waals surface area contributed by atoms with E-state index in [0.717, 1.165) is 41.8 Å². The van der Waals surface area contributed by atoms with Crippen LogP contribution in [0.3, 0.4) is 0 Å². The number of nitrogens with zero attached hydrogens (tertiary/aromatic N) is 3. The van der Waals surface area contributed by atoms with Crippen LogP contribution in [0.2, 0.25) is 0 Å². The highest BCUT2D eigenvalue weighted by Gasteiger charge is 2.63. The van der Waals surface area contributed by atoms with Crippen LogP contribution in [-0.4, -0.2) is 73.4 Å². The van der Waals surface area contributed by atoms with Gasteiger partial charge in [-0.25, -0.2) is 8.42 Å². The number of fused-ring (bicyclic) bond motifs is 1. The maximum atomic E-state index is 13.3. The van der Waals surface area contributed by atoms with Gasteiger partial charge in [0.05, 0.1) is 23.6 Å². The van der Waals surface area contributed by atoms with E-state index in [4.69, 9.17) is 4.74 Å². The van der Waals surface area contributed by atoms with Crippen LogP contribution < -0.4 is 4.74 Å². The second kappa shape index (κ2) is 8.20. The summed E-state index contributed by atoms with van der Waals surface area (Å²) < 4.78 is 71.3. The zero-order chi connectivity index (χ0) is 24.4. The molecule has 6 nitrogen and oxygen atoms in total. The number of rotatable bonds is 5. The molecular formula is C24H32F3N3O3S. The fourth-order valence-electron chi connectivity index (χ4n) is 5.78. The number of pyridine rings is 1. The van der Waals surface area contributed by atoms with Crippen molar-refractivity contribution in [2.24, 2.45) is 11.3 Å². The minimum Gasteiger partial charge on any atom is -0.485 e. The van der Waals surface area contributed by atoms with Crippen LogP contribution in [0.15, 0.2) is 18.3 Å². The van der Waals surface area contributed by atoms with Gasteiger partial charge in [-0.05, 0) is 63.8 Å². The monoisotopic (exact) mass is 499 g/mol. The van der Waals surface area contributed by atoms with Crippen LogP contribution in [0.5, 0.6) is 5.75 Å². The Hall–Kier alpha value is -1.65. The lowest BCUT2D eigenvalue weighted by Gasteiger charge is -2.41. The summed E-state index contributed by atoms with van der Waals surface area (Å²) in [4.78, 5) is 6.56. The molecule has 188 valence electrons. The number of sulfonamides is 1. The smallest absolute Gasteiger partial charge is 0.395 e. The van der Waals surface area contributed by atoms with Gasteiger partial charge in [0, 0.05) is 37.5 Å². The topological polar surface area (TPSA) is 62.7 Å². The summed E-state index contributed by atoms with van der Waals surface area (Å²) in [5.74, 6) is 1.05. The summed E-state index contributed by atoms with van der Waals surface area (Å²) >= 11 is 0. The molecule has 0 N–H and O–H groups in total. The van der Waals surface area contributed by atoms with Crippen LogP contribution in [0.4, 0.5) is 13.2 Å². The van der Waals surface area contributed by atoms with E-state index in [1.165, 1.54) is 10.6 Å². The van der Waals surface area contributed by atoms with Crippen LogP contribution in [0.1, 0.15) is 50.3 Å². The van der Waals surface area contributed by atoms with E-state index in [1.54, 1.807) is 6.20 Å². The van der Waals surface area contributed by atoms with E-state index in [1.807, 2.05) is 11.0 Å².